The Hall–Kier alpha value is -1.60. The van der Waals surface area contributed by atoms with Crippen molar-refractivity contribution in [3.05, 3.63) is 23.8 Å². The fourth-order valence-electron chi connectivity index (χ4n) is 1.58. The van der Waals surface area contributed by atoms with Crippen LogP contribution in [0.4, 0.5) is 0 Å². The molecule has 0 atom stereocenters. The molecule has 1 N–H and O–H groups in total. The van der Waals surface area contributed by atoms with Crippen molar-refractivity contribution in [1.29, 1.82) is 0 Å². The highest BCUT2D eigenvalue weighted by atomic mass is 32.2. The quantitative estimate of drug-likeness (QED) is 0.883. The van der Waals surface area contributed by atoms with Crippen molar-refractivity contribution >= 4 is 15.9 Å². The van der Waals surface area contributed by atoms with E-state index in [1.165, 1.54) is 39.4 Å². The molecule has 0 fully saturated rings. The number of amides is 1. The van der Waals surface area contributed by atoms with E-state index in [1.807, 2.05) is 13.8 Å². The van der Waals surface area contributed by atoms with E-state index in [4.69, 9.17) is 4.74 Å². The molecular weight excluding hydrogens is 280 g/mol. The van der Waals surface area contributed by atoms with Gasteiger partial charge in [0.25, 0.3) is 5.91 Å². The standard InChI is InChI=1S/C13H20N2O4S/c1-9(2)14-13(16)11-8-10(6-7-12(11)19-5)20(17,18)15(3)4/h6-9H,1-5H3,(H,14,16). The lowest BCUT2D eigenvalue weighted by Gasteiger charge is -2.15. The summed E-state index contributed by atoms with van der Waals surface area (Å²) in [5, 5.41) is 2.71. The average Bonchev–Trinajstić information content (AvgIpc) is 2.36. The molecule has 20 heavy (non-hydrogen) atoms. The minimum absolute atomic E-state index is 0.0530. The molecule has 1 rings (SSSR count). The molecule has 0 aliphatic carbocycles. The minimum Gasteiger partial charge on any atom is -0.496 e. The number of methoxy groups -OCH3 is 1. The Bertz CT molecular complexity index is 594. The lowest BCUT2D eigenvalue weighted by Crippen LogP contribution is -2.30. The second kappa shape index (κ2) is 6.23. The lowest BCUT2D eigenvalue weighted by atomic mass is 10.2. The van der Waals surface area contributed by atoms with Gasteiger partial charge in [-0.05, 0) is 32.0 Å². The Labute approximate surface area is 119 Å². The summed E-state index contributed by atoms with van der Waals surface area (Å²) in [5.74, 6) is -0.0338. The van der Waals surface area contributed by atoms with E-state index < -0.39 is 10.0 Å². The number of carbonyl (C=O) groups excluding carboxylic acids is 1. The van der Waals surface area contributed by atoms with Crippen LogP contribution < -0.4 is 10.1 Å². The van der Waals surface area contributed by atoms with Crippen molar-refractivity contribution in [2.24, 2.45) is 0 Å². The molecular formula is C13H20N2O4S. The molecule has 0 aliphatic rings. The van der Waals surface area contributed by atoms with E-state index in [9.17, 15) is 13.2 Å². The molecule has 1 amide bonds. The van der Waals surface area contributed by atoms with Crippen LogP contribution in [0.1, 0.15) is 24.2 Å². The van der Waals surface area contributed by atoms with Crippen LogP contribution in [0, 0.1) is 0 Å². The molecule has 6 nitrogen and oxygen atoms in total. The summed E-state index contributed by atoms with van der Waals surface area (Å²) in [6.07, 6.45) is 0. The topological polar surface area (TPSA) is 75.7 Å². The van der Waals surface area contributed by atoms with Crippen LogP contribution in [-0.2, 0) is 10.0 Å². The molecule has 0 unspecified atom stereocenters. The normalized spacial score (nSPS) is 11.8. The van der Waals surface area contributed by atoms with Crippen LogP contribution in [-0.4, -0.2) is 45.9 Å². The maximum atomic E-state index is 12.1. The monoisotopic (exact) mass is 300 g/mol. The van der Waals surface area contributed by atoms with Gasteiger partial charge in [0.15, 0.2) is 0 Å². The number of nitrogens with one attached hydrogen (secondary N) is 1. The van der Waals surface area contributed by atoms with Gasteiger partial charge in [-0.2, -0.15) is 0 Å². The first-order valence-electron chi connectivity index (χ1n) is 6.11. The highest BCUT2D eigenvalue weighted by molar-refractivity contribution is 7.89. The van der Waals surface area contributed by atoms with E-state index in [-0.39, 0.29) is 22.4 Å². The first-order chi connectivity index (χ1) is 9.20. The van der Waals surface area contributed by atoms with Crippen LogP contribution in [0.25, 0.3) is 0 Å². The lowest BCUT2D eigenvalue weighted by molar-refractivity contribution is 0.0940. The molecule has 112 valence electrons. The number of ether oxygens (including phenoxy) is 1. The first kappa shape index (κ1) is 16.5. The Balaban J connectivity index is 3.33. The van der Waals surface area contributed by atoms with Gasteiger partial charge in [-0.1, -0.05) is 0 Å². The van der Waals surface area contributed by atoms with Gasteiger partial charge in [-0.25, -0.2) is 12.7 Å². The smallest absolute Gasteiger partial charge is 0.255 e. The highest BCUT2D eigenvalue weighted by Crippen LogP contribution is 2.23. The number of hydrogen-bond donors (Lipinski definition) is 1. The number of sulfonamides is 1. The molecule has 1 aromatic rings. The van der Waals surface area contributed by atoms with E-state index in [2.05, 4.69) is 5.32 Å². The van der Waals surface area contributed by atoms with Gasteiger partial charge < -0.3 is 10.1 Å². The van der Waals surface area contributed by atoms with Crippen molar-refractivity contribution in [3.63, 3.8) is 0 Å². The second-order valence-corrected chi connectivity index (χ2v) is 6.93. The maximum absolute atomic E-state index is 12.1. The summed E-state index contributed by atoms with van der Waals surface area (Å²) in [5.41, 5.74) is 0.198. The van der Waals surface area contributed by atoms with Gasteiger partial charge in [0.2, 0.25) is 10.0 Å². The first-order valence-corrected chi connectivity index (χ1v) is 7.55. The molecule has 1 aromatic carbocycles. The van der Waals surface area contributed by atoms with Crippen molar-refractivity contribution in [2.75, 3.05) is 21.2 Å². The van der Waals surface area contributed by atoms with Gasteiger partial charge in [0.05, 0.1) is 17.6 Å². The van der Waals surface area contributed by atoms with Crippen LogP contribution in [0.3, 0.4) is 0 Å². The molecule has 7 heteroatoms. The number of nitrogens with zero attached hydrogens (tertiary/aromatic N) is 1. The number of hydrogen-bond acceptors (Lipinski definition) is 4. The molecule has 0 heterocycles. The van der Waals surface area contributed by atoms with Crippen LogP contribution >= 0.6 is 0 Å². The van der Waals surface area contributed by atoms with Crippen molar-refractivity contribution < 1.29 is 17.9 Å². The molecule has 0 saturated carbocycles. The van der Waals surface area contributed by atoms with Gasteiger partial charge in [-0.15, -0.1) is 0 Å². The molecule has 0 aliphatic heterocycles. The number of benzene rings is 1. The summed E-state index contributed by atoms with van der Waals surface area (Å²) in [6.45, 7) is 3.65. The number of rotatable bonds is 5. The third-order valence-corrected chi connectivity index (χ3v) is 4.42. The second-order valence-electron chi connectivity index (χ2n) is 4.78. The zero-order chi connectivity index (χ0) is 15.5. The zero-order valence-corrected chi connectivity index (χ0v) is 13.1. The van der Waals surface area contributed by atoms with E-state index >= 15 is 0 Å². The number of carbonyl (C=O) groups is 1. The van der Waals surface area contributed by atoms with E-state index in [0.717, 1.165) is 4.31 Å². The third-order valence-electron chi connectivity index (χ3n) is 2.61. The minimum atomic E-state index is -3.59. The summed E-state index contributed by atoms with van der Waals surface area (Å²) in [7, 11) is 0.719. The fourth-order valence-corrected chi connectivity index (χ4v) is 2.50. The van der Waals surface area contributed by atoms with E-state index in [1.54, 1.807) is 0 Å². The Morgan fingerprint density at radius 2 is 1.90 bits per heavy atom. The van der Waals surface area contributed by atoms with Crippen molar-refractivity contribution in [2.45, 2.75) is 24.8 Å². The van der Waals surface area contributed by atoms with Crippen LogP contribution in [0.15, 0.2) is 23.1 Å². The Morgan fingerprint density at radius 1 is 1.30 bits per heavy atom. The summed E-state index contributed by atoms with van der Waals surface area (Å²) in [4.78, 5) is 12.1. The molecule has 0 bridgehead atoms. The van der Waals surface area contributed by atoms with Crippen LogP contribution in [0.5, 0.6) is 5.75 Å². The van der Waals surface area contributed by atoms with Crippen molar-refractivity contribution in [3.8, 4) is 5.75 Å². The Morgan fingerprint density at radius 3 is 2.35 bits per heavy atom. The summed E-state index contributed by atoms with van der Waals surface area (Å²) < 4.78 is 30.4. The predicted molar refractivity (Wildman–Crippen MR) is 76.5 cm³/mol. The SMILES string of the molecule is COc1ccc(S(=O)(=O)N(C)C)cc1C(=O)NC(C)C. The van der Waals surface area contributed by atoms with Gasteiger partial charge in [0.1, 0.15) is 5.75 Å². The van der Waals surface area contributed by atoms with Crippen molar-refractivity contribution in [1.82, 2.24) is 9.62 Å². The zero-order valence-electron chi connectivity index (χ0n) is 12.3. The Kier molecular flexibility index (Phi) is 5.13. The molecule has 0 radical (unpaired) electrons. The average molecular weight is 300 g/mol. The maximum Gasteiger partial charge on any atom is 0.255 e. The predicted octanol–water partition coefficient (Wildman–Crippen LogP) is 1.08. The summed E-state index contributed by atoms with van der Waals surface area (Å²) >= 11 is 0. The van der Waals surface area contributed by atoms with E-state index in [0.29, 0.717) is 5.75 Å². The molecule has 0 spiro atoms. The van der Waals surface area contributed by atoms with Crippen LogP contribution in [0.2, 0.25) is 0 Å². The largest absolute Gasteiger partial charge is 0.496 e. The fraction of sp³-hybridized carbons (Fsp3) is 0.462. The van der Waals surface area contributed by atoms with Gasteiger partial charge >= 0.3 is 0 Å². The van der Waals surface area contributed by atoms with Gasteiger partial charge in [0, 0.05) is 20.1 Å². The summed E-state index contributed by atoms with van der Waals surface area (Å²) in [6, 6.07) is 4.17. The van der Waals surface area contributed by atoms with Gasteiger partial charge in [-0.3, -0.25) is 4.79 Å². The third kappa shape index (κ3) is 3.49. The highest BCUT2D eigenvalue weighted by Gasteiger charge is 2.21. The molecule has 0 saturated heterocycles. The molecule has 0 aromatic heterocycles.